The standard InChI is InChI=1S/C16H27N3O2/c1-5-14(15(20)21-16(2,3)4)19-8-6-12(7-9-19)13-10-17-11-18-13/h10-12,14H,5-9H2,1-4H3,(H,17,18)/t14-/m0/s1. The molecule has 1 N–H and O–H groups in total. The Hall–Kier alpha value is -1.36. The van der Waals surface area contributed by atoms with Crippen molar-refractivity contribution in [1.82, 2.24) is 14.9 Å². The SMILES string of the molecule is CC[C@@H](C(=O)OC(C)(C)C)N1CCC(c2cnc[nH]2)CC1. The van der Waals surface area contributed by atoms with Gasteiger partial charge in [-0.3, -0.25) is 9.69 Å². The Morgan fingerprint density at radius 3 is 2.62 bits per heavy atom. The number of ether oxygens (including phenoxy) is 1. The third-order valence-electron chi connectivity index (χ3n) is 4.00. The minimum absolute atomic E-state index is 0.0926. The fraction of sp³-hybridized carbons (Fsp3) is 0.750. The minimum Gasteiger partial charge on any atom is -0.459 e. The van der Waals surface area contributed by atoms with Crippen LogP contribution in [-0.4, -0.2) is 45.6 Å². The van der Waals surface area contributed by atoms with Crippen molar-refractivity contribution in [2.24, 2.45) is 0 Å². The molecular weight excluding hydrogens is 266 g/mol. The molecule has 1 aliphatic rings. The van der Waals surface area contributed by atoms with E-state index in [-0.39, 0.29) is 12.0 Å². The van der Waals surface area contributed by atoms with Crippen LogP contribution in [0.1, 0.15) is 58.6 Å². The quantitative estimate of drug-likeness (QED) is 0.867. The third kappa shape index (κ3) is 4.30. The van der Waals surface area contributed by atoms with Gasteiger partial charge in [-0.25, -0.2) is 4.98 Å². The molecule has 1 fully saturated rings. The number of carbonyl (C=O) groups is 1. The molecule has 0 radical (unpaired) electrons. The lowest BCUT2D eigenvalue weighted by atomic mass is 9.93. The molecule has 0 amide bonds. The van der Waals surface area contributed by atoms with Gasteiger partial charge in [0.1, 0.15) is 11.6 Å². The van der Waals surface area contributed by atoms with E-state index < -0.39 is 5.60 Å². The average Bonchev–Trinajstić information content (AvgIpc) is 2.92. The largest absolute Gasteiger partial charge is 0.459 e. The van der Waals surface area contributed by atoms with Crippen LogP contribution in [0.3, 0.4) is 0 Å². The van der Waals surface area contributed by atoms with Crippen LogP contribution in [0.15, 0.2) is 12.5 Å². The Morgan fingerprint density at radius 1 is 1.48 bits per heavy atom. The van der Waals surface area contributed by atoms with Gasteiger partial charge in [-0.2, -0.15) is 0 Å². The zero-order valence-corrected chi connectivity index (χ0v) is 13.6. The van der Waals surface area contributed by atoms with Gasteiger partial charge in [-0.05, 0) is 53.1 Å². The molecule has 1 saturated heterocycles. The van der Waals surface area contributed by atoms with E-state index in [1.165, 1.54) is 5.69 Å². The van der Waals surface area contributed by atoms with Gasteiger partial charge in [-0.15, -0.1) is 0 Å². The number of esters is 1. The van der Waals surface area contributed by atoms with Crippen molar-refractivity contribution in [2.45, 2.75) is 64.5 Å². The number of hydrogen-bond acceptors (Lipinski definition) is 4. The summed E-state index contributed by atoms with van der Waals surface area (Å²) in [6, 6.07) is -0.119. The van der Waals surface area contributed by atoms with E-state index in [2.05, 4.69) is 21.8 Å². The third-order valence-corrected chi connectivity index (χ3v) is 4.00. The number of aromatic amines is 1. The van der Waals surface area contributed by atoms with Crippen molar-refractivity contribution >= 4 is 5.97 Å². The zero-order valence-electron chi connectivity index (χ0n) is 13.6. The highest BCUT2D eigenvalue weighted by atomic mass is 16.6. The highest BCUT2D eigenvalue weighted by Gasteiger charge is 2.32. The summed E-state index contributed by atoms with van der Waals surface area (Å²) in [4.78, 5) is 21.9. The Labute approximate surface area is 127 Å². The monoisotopic (exact) mass is 293 g/mol. The summed E-state index contributed by atoms with van der Waals surface area (Å²) >= 11 is 0. The first-order valence-electron chi connectivity index (χ1n) is 7.86. The molecule has 0 spiro atoms. The second kappa shape index (κ2) is 6.60. The van der Waals surface area contributed by atoms with Crippen LogP contribution in [0.5, 0.6) is 0 Å². The molecule has 0 aromatic carbocycles. The van der Waals surface area contributed by atoms with E-state index in [1.807, 2.05) is 27.0 Å². The van der Waals surface area contributed by atoms with Crippen molar-refractivity contribution < 1.29 is 9.53 Å². The van der Waals surface area contributed by atoms with Gasteiger partial charge >= 0.3 is 5.97 Å². The van der Waals surface area contributed by atoms with E-state index in [0.717, 1.165) is 32.4 Å². The van der Waals surface area contributed by atoms with Gasteiger partial charge in [0, 0.05) is 17.8 Å². The number of rotatable bonds is 4. The number of imidazole rings is 1. The number of nitrogens with zero attached hydrogens (tertiary/aromatic N) is 2. The molecule has 1 atom stereocenters. The molecule has 21 heavy (non-hydrogen) atoms. The molecule has 2 rings (SSSR count). The first-order chi connectivity index (χ1) is 9.90. The first kappa shape index (κ1) is 16.0. The highest BCUT2D eigenvalue weighted by Crippen LogP contribution is 2.28. The molecule has 5 heteroatoms. The van der Waals surface area contributed by atoms with Gasteiger partial charge in [0.2, 0.25) is 0 Å². The van der Waals surface area contributed by atoms with E-state index >= 15 is 0 Å². The molecule has 0 saturated carbocycles. The van der Waals surface area contributed by atoms with Crippen molar-refractivity contribution in [3.8, 4) is 0 Å². The minimum atomic E-state index is -0.418. The van der Waals surface area contributed by atoms with Crippen molar-refractivity contribution in [1.29, 1.82) is 0 Å². The van der Waals surface area contributed by atoms with Crippen LogP contribution in [0, 0.1) is 0 Å². The van der Waals surface area contributed by atoms with E-state index in [9.17, 15) is 4.79 Å². The van der Waals surface area contributed by atoms with E-state index in [4.69, 9.17) is 4.74 Å². The zero-order chi connectivity index (χ0) is 15.5. The van der Waals surface area contributed by atoms with Crippen molar-refractivity contribution in [2.75, 3.05) is 13.1 Å². The Kier molecular flexibility index (Phi) is 5.04. The molecule has 1 aliphatic heterocycles. The Morgan fingerprint density at radius 2 is 2.14 bits per heavy atom. The molecule has 0 bridgehead atoms. The van der Waals surface area contributed by atoms with Gasteiger partial charge in [0.05, 0.1) is 6.33 Å². The fourth-order valence-corrected chi connectivity index (χ4v) is 2.96. The average molecular weight is 293 g/mol. The van der Waals surface area contributed by atoms with Crippen molar-refractivity contribution in [3.05, 3.63) is 18.2 Å². The predicted octanol–water partition coefficient (Wildman–Crippen LogP) is 2.71. The molecule has 1 aromatic rings. The summed E-state index contributed by atoms with van der Waals surface area (Å²) in [5.41, 5.74) is 0.790. The van der Waals surface area contributed by atoms with Crippen LogP contribution >= 0.6 is 0 Å². The number of carbonyl (C=O) groups excluding carboxylic acids is 1. The molecule has 5 nitrogen and oxygen atoms in total. The van der Waals surface area contributed by atoms with Crippen LogP contribution in [-0.2, 0) is 9.53 Å². The van der Waals surface area contributed by atoms with Gasteiger partial charge in [-0.1, -0.05) is 6.92 Å². The Balaban J connectivity index is 1.91. The van der Waals surface area contributed by atoms with Gasteiger partial charge in [0.25, 0.3) is 0 Å². The number of H-pyrrole nitrogens is 1. The Bertz CT molecular complexity index is 443. The number of piperidine rings is 1. The molecule has 0 aliphatic carbocycles. The fourth-order valence-electron chi connectivity index (χ4n) is 2.96. The predicted molar refractivity (Wildman–Crippen MR) is 82.1 cm³/mol. The van der Waals surface area contributed by atoms with Gasteiger partial charge in [0.15, 0.2) is 0 Å². The first-order valence-corrected chi connectivity index (χ1v) is 7.86. The molecule has 0 unspecified atom stereocenters. The maximum atomic E-state index is 12.3. The lowest BCUT2D eigenvalue weighted by Gasteiger charge is -2.36. The molecule has 118 valence electrons. The topological polar surface area (TPSA) is 58.2 Å². The smallest absolute Gasteiger partial charge is 0.323 e. The number of aromatic nitrogens is 2. The summed E-state index contributed by atoms with van der Waals surface area (Å²) in [5, 5.41) is 0. The molecular formula is C16H27N3O2. The number of likely N-dealkylation sites (tertiary alicyclic amines) is 1. The van der Waals surface area contributed by atoms with Gasteiger partial charge < -0.3 is 9.72 Å². The molecule has 2 heterocycles. The lowest BCUT2D eigenvalue weighted by Crippen LogP contribution is -2.47. The summed E-state index contributed by atoms with van der Waals surface area (Å²) in [6.07, 6.45) is 6.55. The number of hydrogen-bond donors (Lipinski definition) is 1. The van der Waals surface area contributed by atoms with E-state index in [1.54, 1.807) is 6.33 Å². The van der Waals surface area contributed by atoms with E-state index in [0.29, 0.717) is 5.92 Å². The maximum absolute atomic E-state index is 12.3. The van der Waals surface area contributed by atoms with Crippen LogP contribution in [0.2, 0.25) is 0 Å². The van der Waals surface area contributed by atoms with Crippen LogP contribution in [0.4, 0.5) is 0 Å². The summed E-state index contributed by atoms with van der Waals surface area (Å²) in [5.74, 6) is 0.435. The second-order valence-corrected chi connectivity index (χ2v) is 6.77. The molecule has 1 aromatic heterocycles. The summed E-state index contributed by atoms with van der Waals surface area (Å²) in [6.45, 7) is 9.67. The van der Waals surface area contributed by atoms with Crippen LogP contribution in [0.25, 0.3) is 0 Å². The normalized spacial score (nSPS) is 19.4. The van der Waals surface area contributed by atoms with Crippen LogP contribution < -0.4 is 0 Å². The lowest BCUT2D eigenvalue weighted by molar-refractivity contribution is -0.162. The number of nitrogens with one attached hydrogen (secondary N) is 1. The highest BCUT2D eigenvalue weighted by molar-refractivity contribution is 5.76. The van der Waals surface area contributed by atoms with Crippen molar-refractivity contribution in [3.63, 3.8) is 0 Å². The summed E-state index contributed by atoms with van der Waals surface area (Å²) in [7, 11) is 0. The summed E-state index contributed by atoms with van der Waals surface area (Å²) < 4.78 is 5.55. The maximum Gasteiger partial charge on any atom is 0.323 e. The second-order valence-electron chi connectivity index (χ2n) is 6.77.